The van der Waals surface area contributed by atoms with Gasteiger partial charge in [0.15, 0.2) is 0 Å². The number of rotatable bonds is 7. The van der Waals surface area contributed by atoms with Crippen LogP contribution in [0.15, 0.2) is 24.3 Å². The average molecular weight is 223 g/mol. The van der Waals surface area contributed by atoms with E-state index in [1.165, 1.54) is 5.56 Å². The summed E-state index contributed by atoms with van der Waals surface area (Å²) in [7, 11) is 0. The summed E-state index contributed by atoms with van der Waals surface area (Å²) < 4.78 is 5.42. The van der Waals surface area contributed by atoms with E-state index in [1.807, 2.05) is 38.1 Å². The predicted molar refractivity (Wildman–Crippen MR) is 65.6 cm³/mol. The number of nitrogens with one attached hydrogen (secondary N) is 1. The van der Waals surface area contributed by atoms with Gasteiger partial charge in [-0.2, -0.15) is 0 Å². The molecule has 0 saturated heterocycles. The lowest BCUT2D eigenvalue weighted by molar-refractivity contribution is 0.167. The molecule has 0 aliphatic carbocycles. The van der Waals surface area contributed by atoms with E-state index in [2.05, 4.69) is 5.32 Å². The van der Waals surface area contributed by atoms with Crippen molar-refractivity contribution in [2.45, 2.75) is 32.9 Å². The molecule has 0 amide bonds. The van der Waals surface area contributed by atoms with Gasteiger partial charge in [0.05, 0.1) is 12.7 Å². The van der Waals surface area contributed by atoms with Crippen LogP contribution < -0.4 is 10.1 Å². The molecule has 3 heteroatoms. The number of aliphatic hydroxyl groups is 1. The molecule has 1 aromatic rings. The van der Waals surface area contributed by atoms with Gasteiger partial charge in [-0.25, -0.2) is 0 Å². The van der Waals surface area contributed by atoms with E-state index in [1.54, 1.807) is 0 Å². The van der Waals surface area contributed by atoms with E-state index in [9.17, 15) is 5.11 Å². The van der Waals surface area contributed by atoms with E-state index in [-0.39, 0.29) is 6.10 Å². The van der Waals surface area contributed by atoms with Crippen molar-refractivity contribution in [3.8, 4) is 5.75 Å². The number of benzene rings is 1. The molecule has 1 unspecified atom stereocenters. The van der Waals surface area contributed by atoms with Gasteiger partial charge < -0.3 is 15.2 Å². The average Bonchev–Trinajstić information content (AvgIpc) is 2.30. The van der Waals surface area contributed by atoms with Crippen LogP contribution >= 0.6 is 0 Å². The minimum absolute atomic E-state index is 0.255. The largest absolute Gasteiger partial charge is 0.494 e. The summed E-state index contributed by atoms with van der Waals surface area (Å²) in [4.78, 5) is 0. The van der Waals surface area contributed by atoms with Crippen molar-refractivity contribution in [2.24, 2.45) is 0 Å². The number of ether oxygens (including phenoxy) is 1. The predicted octanol–water partition coefficient (Wildman–Crippen LogP) is 1.95. The van der Waals surface area contributed by atoms with Crippen molar-refractivity contribution in [3.63, 3.8) is 0 Å². The lowest BCUT2D eigenvalue weighted by Crippen LogP contribution is -2.25. The van der Waals surface area contributed by atoms with Crippen LogP contribution in [0.1, 0.15) is 25.8 Å². The smallest absolute Gasteiger partial charge is 0.119 e. The zero-order valence-electron chi connectivity index (χ0n) is 10.1. The minimum Gasteiger partial charge on any atom is -0.494 e. The first-order valence-electron chi connectivity index (χ1n) is 5.86. The highest BCUT2D eigenvalue weighted by atomic mass is 16.5. The van der Waals surface area contributed by atoms with Crippen LogP contribution in [0.4, 0.5) is 0 Å². The Morgan fingerprint density at radius 1 is 1.38 bits per heavy atom. The highest BCUT2D eigenvalue weighted by Gasteiger charge is 2.00. The number of aliphatic hydroxyl groups excluding tert-OH is 1. The third kappa shape index (κ3) is 4.64. The second kappa shape index (κ2) is 7.25. The zero-order valence-corrected chi connectivity index (χ0v) is 10.1. The Morgan fingerprint density at radius 2 is 2.19 bits per heavy atom. The lowest BCUT2D eigenvalue weighted by Gasteiger charge is -2.10. The van der Waals surface area contributed by atoms with E-state index in [4.69, 9.17) is 4.74 Å². The van der Waals surface area contributed by atoms with Crippen molar-refractivity contribution in [2.75, 3.05) is 13.2 Å². The second-order valence-electron chi connectivity index (χ2n) is 3.77. The van der Waals surface area contributed by atoms with E-state index in [0.29, 0.717) is 13.2 Å². The molecule has 0 heterocycles. The molecule has 0 saturated carbocycles. The maximum Gasteiger partial charge on any atom is 0.119 e. The van der Waals surface area contributed by atoms with Crippen LogP contribution in [-0.4, -0.2) is 24.4 Å². The maximum atomic E-state index is 9.39. The molecular formula is C13H21NO2. The lowest BCUT2D eigenvalue weighted by atomic mass is 10.2. The van der Waals surface area contributed by atoms with Crippen LogP contribution in [0.3, 0.4) is 0 Å². The molecule has 0 aliphatic rings. The molecule has 0 radical (unpaired) electrons. The van der Waals surface area contributed by atoms with Crippen LogP contribution in [0.2, 0.25) is 0 Å². The molecule has 1 aromatic carbocycles. The molecule has 3 nitrogen and oxygen atoms in total. The first-order chi connectivity index (χ1) is 7.76. The van der Waals surface area contributed by atoms with Crippen molar-refractivity contribution < 1.29 is 9.84 Å². The standard InChI is InChI=1S/C13H21NO2/c1-3-12(15)10-14-9-11-6-5-7-13(8-11)16-4-2/h5-8,12,14-15H,3-4,9-10H2,1-2H3. The normalized spacial score (nSPS) is 12.4. The van der Waals surface area contributed by atoms with Crippen LogP contribution in [0.25, 0.3) is 0 Å². The Labute approximate surface area is 97.4 Å². The van der Waals surface area contributed by atoms with Gasteiger partial charge in [0.25, 0.3) is 0 Å². The molecule has 0 aromatic heterocycles. The maximum absolute atomic E-state index is 9.39. The molecule has 1 rings (SSSR count). The Bertz CT molecular complexity index is 302. The van der Waals surface area contributed by atoms with Gasteiger partial charge >= 0.3 is 0 Å². The van der Waals surface area contributed by atoms with Gasteiger partial charge in [0.2, 0.25) is 0 Å². The van der Waals surface area contributed by atoms with Gasteiger partial charge in [-0.1, -0.05) is 19.1 Å². The topological polar surface area (TPSA) is 41.5 Å². The fourth-order valence-electron chi connectivity index (χ4n) is 1.44. The van der Waals surface area contributed by atoms with Crippen molar-refractivity contribution >= 4 is 0 Å². The van der Waals surface area contributed by atoms with Gasteiger partial charge in [0, 0.05) is 13.1 Å². The number of hydrogen-bond acceptors (Lipinski definition) is 3. The summed E-state index contributed by atoms with van der Waals surface area (Å²) in [6, 6.07) is 8.01. The number of hydrogen-bond donors (Lipinski definition) is 2. The Hall–Kier alpha value is -1.06. The Balaban J connectivity index is 2.38. The first kappa shape index (κ1) is 13.0. The third-order valence-corrected chi connectivity index (χ3v) is 2.39. The third-order valence-electron chi connectivity index (χ3n) is 2.39. The van der Waals surface area contributed by atoms with Gasteiger partial charge in [-0.3, -0.25) is 0 Å². The van der Waals surface area contributed by atoms with E-state index >= 15 is 0 Å². The van der Waals surface area contributed by atoms with Gasteiger partial charge in [-0.05, 0) is 31.0 Å². The molecule has 16 heavy (non-hydrogen) atoms. The van der Waals surface area contributed by atoms with Crippen LogP contribution in [0.5, 0.6) is 5.75 Å². The first-order valence-corrected chi connectivity index (χ1v) is 5.86. The van der Waals surface area contributed by atoms with Crippen molar-refractivity contribution in [1.82, 2.24) is 5.32 Å². The van der Waals surface area contributed by atoms with Crippen LogP contribution in [-0.2, 0) is 6.54 Å². The summed E-state index contributed by atoms with van der Waals surface area (Å²) in [6.07, 6.45) is 0.529. The summed E-state index contributed by atoms with van der Waals surface area (Å²) in [5.74, 6) is 0.901. The van der Waals surface area contributed by atoms with Crippen LogP contribution in [0, 0.1) is 0 Å². The van der Waals surface area contributed by atoms with E-state index in [0.717, 1.165) is 18.7 Å². The Morgan fingerprint density at radius 3 is 2.88 bits per heavy atom. The molecule has 0 bridgehead atoms. The SMILES string of the molecule is CCOc1cccc(CNCC(O)CC)c1. The fourth-order valence-corrected chi connectivity index (χ4v) is 1.44. The van der Waals surface area contributed by atoms with Gasteiger partial charge in [-0.15, -0.1) is 0 Å². The zero-order chi connectivity index (χ0) is 11.8. The summed E-state index contributed by atoms with van der Waals surface area (Å²) in [5.41, 5.74) is 1.18. The van der Waals surface area contributed by atoms with Gasteiger partial charge in [0.1, 0.15) is 5.75 Å². The molecule has 0 fully saturated rings. The Kier molecular flexibility index (Phi) is 5.90. The minimum atomic E-state index is -0.255. The second-order valence-corrected chi connectivity index (χ2v) is 3.77. The molecule has 2 N–H and O–H groups in total. The molecule has 90 valence electrons. The molecule has 0 aliphatic heterocycles. The highest BCUT2D eigenvalue weighted by Crippen LogP contribution is 2.12. The quantitative estimate of drug-likeness (QED) is 0.742. The molecule has 0 spiro atoms. The summed E-state index contributed by atoms with van der Waals surface area (Å²) in [5, 5.41) is 12.6. The monoisotopic (exact) mass is 223 g/mol. The highest BCUT2D eigenvalue weighted by molar-refractivity contribution is 5.28. The molecule has 1 atom stereocenters. The summed E-state index contributed by atoms with van der Waals surface area (Å²) in [6.45, 7) is 6.03. The van der Waals surface area contributed by atoms with Crippen molar-refractivity contribution in [3.05, 3.63) is 29.8 Å². The molecular weight excluding hydrogens is 202 g/mol. The van der Waals surface area contributed by atoms with Crippen molar-refractivity contribution in [1.29, 1.82) is 0 Å². The summed E-state index contributed by atoms with van der Waals surface area (Å²) >= 11 is 0. The van der Waals surface area contributed by atoms with E-state index < -0.39 is 0 Å². The fraction of sp³-hybridized carbons (Fsp3) is 0.538.